The van der Waals surface area contributed by atoms with E-state index in [1.54, 1.807) is 49.5 Å². The maximum atomic E-state index is 13.4. The normalized spacial score (nSPS) is 17.2. The van der Waals surface area contributed by atoms with Gasteiger partial charge in [0.25, 0.3) is 5.91 Å². The Balaban J connectivity index is 1.61. The molecule has 0 unspecified atom stereocenters. The fourth-order valence-electron chi connectivity index (χ4n) is 4.56. The molecular formula is C28H29FN2O4. The molecule has 182 valence electrons. The maximum Gasteiger partial charge on any atom is 0.253 e. The Hall–Kier alpha value is -3.87. The molecule has 3 aromatic carbocycles. The van der Waals surface area contributed by atoms with Crippen LogP contribution in [0.15, 0.2) is 66.7 Å². The summed E-state index contributed by atoms with van der Waals surface area (Å²) in [4.78, 5) is 28.4. The first-order valence-electron chi connectivity index (χ1n) is 11.5. The molecule has 2 atom stereocenters. The Morgan fingerprint density at radius 3 is 2.34 bits per heavy atom. The molecule has 1 N–H and O–H groups in total. The number of halogens is 1. The predicted octanol–water partition coefficient (Wildman–Crippen LogP) is 4.32. The van der Waals surface area contributed by atoms with Gasteiger partial charge in [-0.05, 0) is 42.8 Å². The van der Waals surface area contributed by atoms with Gasteiger partial charge in [0.05, 0.1) is 20.1 Å². The Bertz CT molecular complexity index is 1190. The second kappa shape index (κ2) is 10.6. The SMILES string of the molecule is COc1cccc([C@H]2CN(C(=O)c3ccc(C)cc3)C[C@H]2C(=O)NCc2ccc(F)cc2)c1OC. The minimum Gasteiger partial charge on any atom is -0.493 e. The third-order valence-corrected chi connectivity index (χ3v) is 6.46. The summed E-state index contributed by atoms with van der Waals surface area (Å²) in [6.45, 7) is 2.87. The van der Waals surface area contributed by atoms with Gasteiger partial charge in [-0.3, -0.25) is 9.59 Å². The van der Waals surface area contributed by atoms with Gasteiger partial charge in [-0.1, -0.05) is 42.0 Å². The van der Waals surface area contributed by atoms with Crippen molar-refractivity contribution in [3.63, 3.8) is 0 Å². The summed E-state index contributed by atoms with van der Waals surface area (Å²) in [5.41, 5.74) is 3.26. The van der Waals surface area contributed by atoms with Crippen LogP contribution in [-0.2, 0) is 11.3 Å². The molecule has 1 heterocycles. The smallest absolute Gasteiger partial charge is 0.253 e. The number of rotatable bonds is 7. The lowest BCUT2D eigenvalue weighted by Crippen LogP contribution is -2.35. The molecule has 6 nitrogen and oxygen atoms in total. The van der Waals surface area contributed by atoms with Crippen LogP contribution in [0, 0.1) is 18.7 Å². The second-order valence-corrected chi connectivity index (χ2v) is 8.72. The van der Waals surface area contributed by atoms with E-state index in [0.29, 0.717) is 23.6 Å². The zero-order valence-electron chi connectivity index (χ0n) is 20.1. The van der Waals surface area contributed by atoms with Crippen molar-refractivity contribution in [2.24, 2.45) is 5.92 Å². The minimum absolute atomic E-state index is 0.120. The van der Waals surface area contributed by atoms with E-state index in [9.17, 15) is 14.0 Å². The molecule has 0 aliphatic carbocycles. The van der Waals surface area contributed by atoms with Crippen LogP contribution in [0.4, 0.5) is 4.39 Å². The summed E-state index contributed by atoms with van der Waals surface area (Å²) in [5.74, 6) is -0.284. The zero-order chi connectivity index (χ0) is 24.9. The van der Waals surface area contributed by atoms with E-state index in [0.717, 1.165) is 16.7 Å². The maximum absolute atomic E-state index is 13.4. The van der Waals surface area contributed by atoms with Gasteiger partial charge in [0.1, 0.15) is 5.82 Å². The highest BCUT2D eigenvalue weighted by atomic mass is 19.1. The fraction of sp³-hybridized carbons (Fsp3) is 0.286. The van der Waals surface area contributed by atoms with Gasteiger partial charge >= 0.3 is 0 Å². The number of para-hydroxylation sites is 1. The summed E-state index contributed by atoms with van der Waals surface area (Å²) in [5, 5.41) is 2.96. The standard InChI is InChI=1S/C28H29FN2O4/c1-18-7-11-20(12-8-18)28(33)31-16-23(22-5-4-6-25(34-2)26(22)35-3)24(17-31)27(32)30-15-19-9-13-21(29)14-10-19/h4-14,23-24H,15-17H2,1-3H3,(H,30,32)/t23-,24-/m1/s1. The number of hydrogen-bond donors (Lipinski definition) is 1. The van der Waals surface area contributed by atoms with Gasteiger partial charge in [0.2, 0.25) is 5.91 Å². The number of benzene rings is 3. The van der Waals surface area contributed by atoms with Crippen molar-refractivity contribution in [3.05, 3.63) is 94.8 Å². The van der Waals surface area contributed by atoms with Crippen LogP contribution in [0.25, 0.3) is 0 Å². The predicted molar refractivity (Wildman–Crippen MR) is 131 cm³/mol. The van der Waals surface area contributed by atoms with Crippen LogP contribution in [0.3, 0.4) is 0 Å². The highest BCUT2D eigenvalue weighted by molar-refractivity contribution is 5.95. The molecule has 35 heavy (non-hydrogen) atoms. The Kier molecular flexibility index (Phi) is 7.34. The van der Waals surface area contributed by atoms with E-state index in [1.807, 2.05) is 31.2 Å². The lowest BCUT2D eigenvalue weighted by molar-refractivity contribution is -0.125. The number of nitrogens with zero attached hydrogens (tertiary/aromatic N) is 1. The van der Waals surface area contributed by atoms with E-state index < -0.39 is 5.92 Å². The van der Waals surface area contributed by atoms with E-state index >= 15 is 0 Å². The van der Waals surface area contributed by atoms with Crippen molar-refractivity contribution in [1.29, 1.82) is 0 Å². The molecule has 3 aromatic rings. The van der Waals surface area contributed by atoms with E-state index in [4.69, 9.17) is 9.47 Å². The molecule has 0 spiro atoms. The number of amides is 2. The molecule has 0 saturated carbocycles. The quantitative estimate of drug-likeness (QED) is 0.552. The van der Waals surface area contributed by atoms with Crippen LogP contribution in [0.2, 0.25) is 0 Å². The first-order chi connectivity index (χ1) is 16.9. The van der Waals surface area contributed by atoms with E-state index in [-0.39, 0.29) is 36.6 Å². The lowest BCUT2D eigenvalue weighted by atomic mass is 9.87. The van der Waals surface area contributed by atoms with Gasteiger partial charge in [-0.15, -0.1) is 0 Å². The Labute approximate surface area is 204 Å². The molecule has 0 aromatic heterocycles. The van der Waals surface area contributed by atoms with Gasteiger partial charge in [-0.2, -0.15) is 0 Å². The molecule has 1 aliphatic rings. The molecule has 1 fully saturated rings. The first kappa shape index (κ1) is 24.3. The Morgan fingerprint density at radius 2 is 1.69 bits per heavy atom. The number of ether oxygens (including phenoxy) is 2. The third-order valence-electron chi connectivity index (χ3n) is 6.46. The van der Waals surface area contributed by atoms with Crippen LogP contribution >= 0.6 is 0 Å². The van der Waals surface area contributed by atoms with Crippen LogP contribution in [-0.4, -0.2) is 44.0 Å². The average Bonchev–Trinajstić information content (AvgIpc) is 3.33. The molecular weight excluding hydrogens is 447 g/mol. The van der Waals surface area contributed by atoms with Gasteiger partial charge in [-0.25, -0.2) is 4.39 Å². The molecule has 1 aliphatic heterocycles. The Morgan fingerprint density at radius 1 is 0.971 bits per heavy atom. The molecule has 0 radical (unpaired) electrons. The van der Waals surface area contributed by atoms with Gasteiger partial charge in [0.15, 0.2) is 11.5 Å². The number of hydrogen-bond acceptors (Lipinski definition) is 4. The second-order valence-electron chi connectivity index (χ2n) is 8.72. The highest BCUT2D eigenvalue weighted by Gasteiger charge is 2.42. The number of carbonyl (C=O) groups is 2. The largest absolute Gasteiger partial charge is 0.493 e. The van der Waals surface area contributed by atoms with Crippen molar-refractivity contribution in [2.45, 2.75) is 19.4 Å². The van der Waals surface area contributed by atoms with Crippen LogP contribution < -0.4 is 14.8 Å². The number of nitrogens with one attached hydrogen (secondary N) is 1. The van der Waals surface area contributed by atoms with Crippen LogP contribution in [0.1, 0.15) is 33.0 Å². The molecule has 2 amide bonds. The summed E-state index contributed by atoms with van der Waals surface area (Å²) in [6.07, 6.45) is 0. The van der Waals surface area contributed by atoms with E-state index in [2.05, 4.69) is 5.32 Å². The van der Waals surface area contributed by atoms with Crippen molar-refractivity contribution < 1.29 is 23.5 Å². The van der Waals surface area contributed by atoms with Crippen molar-refractivity contribution in [1.82, 2.24) is 10.2 Å². The lowest BCUT2D eigenvalue weighted by Gasteiger charge is -2.21. The summed E-state index contributed by atoms with van der Waals surface area (Å²) < 4.78 is 24.3. The zero-order valence-corrected chi connectivity index (χ0v) is 20.1. The summed E-state index contributed by atoms with van der Waals surface area (Å²) in [6, 6.07) is 19.0. The van der Waals surface area contributed by atoms with Crippen molar-refractivity contribution >= 4 is 11.8 Å². The van der Waals surface area contributed by atoms with E-state index in [1.165, 1.54) is 12.1 Å². The topological polar surface area (TPSA) is 67.9 Å². The average molecular weight is 477 g/mol. The number of aryl methyl sites for hydroxylation is 1. The van der Waals surface area contributed by atoms with Gasteiger partial charge in [0, 0.05) is 36.7 Å². The van der Waals surface area contributed by atoms with Crippen LogP contribution in [0.5, 0.6) is 11.5 Å². The molecule has 4 rings (SSSR count). The highest BCUT2D eigenvalue weighted by Crippen LogP contribution is 2.42. The minimum atomic E-state index is -0.495. The molecule has 0 bridgehead atoms. The molecule has 7 heteroatoms. The van der Waals surface area contributed by atoms with Gasteiger partial charge < -0.3 is 19.7 Å². The monoisotopic (exact) mass is 476 g/mol. The third kappa shape index (κ3) is 5.29. The van der Waals surface area contributed by atoms with Crippen molar-refractivity contribution in [3.8, 4) is 11.5 Å². The number of carbonyl (C=O) groups excluding carboxylic acids is 2. The summed E-state index contributed by atoms with van der Waals surface area (Å²) >= 11 is 0. The summed E-state index contributed by atoms with van der Waals surface area (Å²) in [7, 11) is 3.13. The molecule has 1 saturated heterocycles. The number of likely N-dealkylation sites (tertiary alicyclic amines) is 1. The van der Waals surface area contributed by atoms with Crippen molar-refractivity contribution in [2.75, 3.05) is 27.3 Å². The number of methoxy groups -OCH3 is 2. The first-order valence-corrected chi connectivity index (χ1v) is 11.5. The fourth-order valence-corrected chi connectivity index (χ4v) is 4.56.